The maximum absolute atomic E-state index is 5.25. The lowest BCUT2D eigenvalue weighted by molar-refractivity contribution is 0.461. The lowest BCUT2D eigenvalue weighted by Crippen LogP contribution is -2.15. The average Bonchev–Trinajstić information content (AvgIpc) is 2.64. The van der Waals surface area contributed by atoms with Gasteiger partial charge in [-0.1, -0.05) is 6.92 Å². The van der Waals surface area contributed by atoms with E-state index in [0.29, 0.717) is 0 Å². The fourth-order valence-electron chi connectivity index (χ4n) is 2.17. The van der Waals surface area contributed by atoms with Crippen LogP contribution in [0.3, 0.4) is 0 Å². The van der Waals surface area contributed by atoms with Crippen LogP contribution in [0.2, 0.25) is 0 Å². The topological polar surface area (TPSA) is 33.6 Å². The summed E-state index contributed by atoms with van der Waals surface area (Å²) < 4.78 is 2.94. The molecular weight excluding hydrogens is 238 g/mol. The van der Waals surface area contributed by atoms with Crippen LogP contribution < -0.4 is 0 Å². The van der Waals surface area contributed by atoms with Gasteiger partial charge in [-0.05, 0) is 48.9 Å². The van der Waals surface area contributed by atoms with Crippen LogP contribution in [0, 0.1) is 10.7 Å². The van der Waals surface area contributed by atoms with E-state index < -0.39 is 0 Å². The highest BCUT2D eigenvalue weighted by Gasteiger charge is 2.17. The van der Waals surface area contributed by atoms with E-state index >= 15 is 0 Å². The summed E-state index contributed by atoms with van der Waals surface area (Å²) in [6.07, 6.45) is 4.86. The third-order valence-electron chi connectivity index (χ3n) is 3.10. The number of nitrogens with one attached hydrogen (secondary N) is 1. The normalized spacial score (nSPS) is 17.8. The van der Waals surface area contributed by atoms with Gasteiger partial charge in [-0.15, -0.1) is 0 Å². The van der Waals surface area contributed by atoms with Crippen LogP contribution in [0.15, 0.2) is 0 Å². The summed E-state index contributed by atoms with van der Waals surface area (Å²) in [5.41, 5.74) is 0. The fraction of sp³-hybridized carbons (Fsp3) is 0.818. The summed E-state index contributed by atoms with van der Waals surface area (Å²) in [5.74, 6) is 4.58. The van der Waals surface area contributed by atoms with Crippen LogP contribution in [-0.2, 0) is 13.0 Å². The van der Waals surface area contributed by atoms with E-state index in [1.807, 2.05) is 0 Å². The molecule has 1 N–H and O–H groups in total. The molecule has 0 aromatic carbocycles. The Kier molecular flexibility index (Phi) is 4.46. The molecule has 1 aliphatic heterocycles. The van der Waals surface area contributed by atoms with Gasteiger partial charge in [0.1, 0.15) is 5.82 Å². The number of hydrogen-bond donors (Lipinski definition) is 1. The van der Waals surface area contributed by atoms with Crippen LogP contribution >= 0.6 is 24.0 Å². The Balaban J connectivity index is 2.05. The van der Waals surface area contributed by atoms with Gasteiger partial charge < -0.3 is 4.57 Å². The molecule has 0 radical (unpaired) electrons. The standard InChI is InChI=1S/C11H19N3S2/c1-2-5-14-10(12-13-11(14)15)8-9-3-6-16-7-4-9/h9H,2-8H2,1H3,(H,13,15). The third-order valence-corrected chi connectivity index (χ3v) is 4.46. The van der Waals surface area contributed by atoms with Gasteiger partial charge in [0, 0.05) is 13.0 Å². The minimum Gasteiger partial charge on any atom is -0.304 e. The van der Waals surface area contributed by atoms with Gasteiger partial charge in [-0.25, -0.2) is 0 Å². The number of nitrogens with zero attached hydrogens (tertiary/aromatic N) is 2. The summed E-state index contributed by atoms with van der Waals surface area (Å²) in [5, 5.41) is 7.29. The van der Waals surface area contributed by atoms with Gasteiger partial charge in [-0.3, -0.25) is 5.10 Å². The number of thioether (sulfide) groups is 1. The lowest BCUT2D eigenvalue weighted by atomic mass is 9.98. The lowest BCUT2D eigenvalue weighted by Gasteiger charge is -2.20. The van der Waals surface area contributed by atoms with Crippen molar-refractivity contribution in [2.75, 3.05) is 11.5 Å². The number of aromatic amines is 1. The smallest absolute Gasteiger partial charge is 0.195 e. The highest BCUT2D eigenvalue weighted by molar-refractivity contribution is 7.99. The van der Waals surface area contributed by atoms with E-state index in [0.717, 1.165) is 35.9 Å². The second kappa shape index (κ2) is 5.87. The van der Waals surface area contributed by atoms with Gasteiger partial charge >= 0.3 is 0 Å². The Labute approximate surface area is 106 Å². The van der Waals surface area contributed by atoms with Crippen molar-refractivity contribution in [2.24, 2.45) is 5.92 Å². The number of H-pyrrole nitrogens is 1. The third kappa shape index (κ3) is 2.88. The van der Waals surface area contributed by atoms with Gasteiger partial charge in [0.05, 0.1) is 0 Å². The van der Waals surface area contributed by atoms with E-state index in [1.54, 1.807) is 0 Å². The minimum absolute atomic E-state index is 0.780. The van der Waals surface area contributed by atoms with Crippen molar-refractivity contribution in [3.8, 4) is 0 Å². The Morgan fingerprint density at radius 2 is 2.25 bits per heavy atom. The van der Waals surface area contributed by atoms with E-state index in [4.69, 9.17) is 12.2 Å². The van der Waals surface area contributed by atoms with Crippen molar-refractivity contribution in [1.29, 1.82) is 0 Å². The number of hydrogen-bond acceptors (Lipinski definition) is 3. The Hall–Kier alpha value is -0.290. The van der Waals surface area contributed by atoms with E-state index in [2.05, 4.69) is 33.5 Å². The van der Waals surface area contributed by atoms with Crippen molar-refractivity contribution >= 4 is 24.0 Å². The molecule has 90 valence electrons. The molecule has 16 heavy (non-hydrogen) atoms. The molecule has 2 rings (SSSR count). The second-order valence-electron chi connectivity index (χ2n) is 4.36. The molecular formula is C11H19N3S2. The first-order valence-electron chi connectivity index (χ1n) is 6.03. The molecule has 0 amide bonds. The summed E-state index contributed by atoms with van der Waals surface area (Å²) in [6.45, 7) is 3.17. The maximum Gasteiger partial charge on any atom is 0.195 e. The SMILES string of the molecule is CCCn1c(CC2CCSCC2)n[nH]c1=S. The first-order valence-corrected chi connectivity index (χ1v) is 7.59. The van der Waals surface area contributed by atoms with Gasteiger partial charge in [0.2, 0.25) is 0 Å². The predicted octanol–water partition coefficient (Wildman–Crippen LogP) is 3.04. The molecule has 0 bridgehead atoms. The van der Waals surface area contributed by atoms with Gasteiger partial charge in [0.25, 0.3) is 0 Å². The Morgan fingerprint density at radius 3 is 2.94 bits per heavy atom. The van der Waals surface area contributed by atoms with Crippen LogP contribution in [-0.4, -0.2) is 26.3 Å². The molecule has 0 unspecified atom stereocenters. The number of aromatic nitrogens is 3. The van der Waals surface area contributed by atoms with Crippen molar-refractivity contribution < 1.29 is 0 Å². The molecule has 0 saturated carbocycles. The minimum atomic E-state index is 0.780. The second-order valence-corrected chi connectivity index (χ2v) is 5.97. The zero-order valence-corrected chi connectivity index (χ0v) is 11.4. The van der Waals surface area contributed by atoms with Gasteiger partial charge in [-0.2, -0.15) is 16.9 Å². The summed E-state index contributed by atoms with van der Waals surface area (Å²) in [7, 11) is 0. The van der Waals surface area contributed by atoms with E-state index in [9.17, 15) is 0 Å². The predicted molar refractivity (Wildman–Crippen MR) is 71.5 cm³/mol. The van der Waals surface area contributed by atoms with Crippen molar-refractivity contribution in [2.45, 2.75) is 39.2 Å². The Morgan fingerprint density at radius 1 is 1.50 bits per heavy atom. The molecule has 1 aliphatic rings. The van der Waals surface area contributed by atoms with Crippen LogP contribution in [0.25, 0.3) is 0 Å². The molecule has 0 atom stereocenters. The summed E-state index contributed by atoms with van der Waals surface area (Å²) >= 11 is 7.32. The summed E-state index contributed by atoms with van der Waals surface area (Å²) in [6, 6.07) is 0. The fourth-order valence-corrected chi connectivity index (χ4v) is 3.62. The molecule has 0 aliphatic carbocycles. The van der Waals surface area contributed by atoms with Crippen LogP contribution in [0.5, 0.6) is 0 Å². The highest BCUT2D eigenvalue weighted by atomic mass is 32.2. The molecule has 1 fully saturated rings. The molecule has 3 nitrogen and oxygen atoms in total. The van der Waals surface area contributed by atoms with Crippen molar-refractivity contribution in [1.82, 2.24) is 14.8 Å². The number of rotatable bonds is 4. The molecule has 0 spiro atoms. The van der Waals surface area contributed by atoms with E-state index in [1.165, 1.54) is 24.3 Å². The van der Waals surface area contributed by atoms with Gasteiger partial charge in [0.15, 0.2) is 4.77 Å². The molecule has 1 aromatic rings. The first-order chi connectivity index (χ1) is 7.81. The zero-order chi connectivity index (χ0) is 11.4. The first kappa shape index (κ1) is 12.2. The van der Waals surface area contributed by atoms with Crippen LogP contribution in [0.4, 0.5) is 0 Å². The largest absolute Gasteiger partial charge is 0.304 e. The van der Waals surface area contributed by atoms with Crippen molar-refractivity contribution in [3.63, 3.8) is 0 Å². The molecule has 2 heterocycles. The Bertz CT molecular complexity index is 377. The summed E-state index contributed by atoms with van der Waals surface area (Å²) in [4.78, 5) is 0. The quantitative estimate of drug-likeness (QED) is 0.842. The van der Waals surface area contributed by atoms with Crippen molar-refractivity contribution in [3.05, 3.63) is 10.6 Å². The average molecular weight is 257 g/mol. The zero-order valence-electron chi connectivity index (χ0n) is 9.74. The van der Waals surface area contributed by atoms with E-state index in [-0.39, 0.29) is 0 Å². The molecule has 5 heteroatoms. The monoisotopic (exact) mass is 257 g/mol. The maximum atomic E-state index is 5.25. The van der Waals surface area contributed by atoms with Crippen LogP contribution in [0.1, 0.15) is 32.0 Å². The molecule has 1 saturated heterocycles. The molecule has 1 aromatic heterocycles. The highest BCUT2D eigenvalue weighted by Crippen LogP contribution is 2.25.